The predicted molar refractivity (Wildman–Crippen MR) is 92.9 cm³/mol. The zero-order chi connectivity index (χ0) is 17.5. The van der Waals surface area contributed by atoms with Gasteiger partial charge in [-0.3, -0.25) is 0 Å². The normalized spacial score (nSPS) is 19.8. The Morgan fingerprint density at radius 1 is 1.29 bits per heavy atom. The fourth-order valence-corrected chi connectivity index (χ4v) is 4.08. The van der Waals surface area contributed by atoms with Crippen molar-refractivity contribution in [1.82, 2.24) is 14.5 Å². The van der Waals surface area contributed by atoms with Gasteiger partial charge in [-0.1, -0.05) is 13.8 Å². The van der Waals surface area contributed by atoms with Crippen molar-refractivity contribution in [2.75, 3.05) is 13.4 Å². The van der Waals surface area contributed by atoms with Crippen LogP contribution < -0.4 is 9.46 Å². The molecule has 1 aromatic carbocycles. The third kappa shape index (κ3) is 3.47. The van der Waals surface area contributed by atoms with Crippen molar-refractivity contribution in [2.24, 2.45) is 5.41 Å². The lowest BCUT2D eigenvalue weighted by Gasteiger charge is -2.35. The molecule has 0 fully saturated rings. The van der Waals surface area contributed by atoms with Crippen molar-refractivity contribution >= 4 is 10.0 Å². The fraction of sp³-hybridized carbons (Fsp3) is 0.471. The minimum Gasteiger partial charge on any atom is -0.497 e. The highest BCUT2D eigenvalue weighted by molar-refractivity contribution is 7.88. The highest BCUT2D eigenvalue weighted by atomic mass is 32.2. The number of hydrogen-bond acceptors (Lipinski definition) is 4. The summed E-state index contributed by atoms with van der Waals surface area (Å²) in [5.74, 6) is 0.789. The molecule has 6 nitrogen and oxygen atoms in total. The molecule has 1 aromatic heterocycles. The number of benzene rings is 1. The topological polar surface area (TPSA) is 73.2 Å². The molecule has 0 amide bonds. The lowest BCUT2D eigenvalue weighted by atomic mass is 9.74. The Hall–Kier alpha value is -1.86. The Kier molecular flexibility index (Phi) is 4.17. The summed E-state index contributed by atoms with van der Waals surface area (Å²) in [7, 11) is -1.65. The Morgan fingerprint density at radius 3 is 2.54 bits per heavy atom. The molecule has 1 atom stereocenters. The standard InChI is InChI=1S/C17H23N3O3S/c1-17(2)9-15(19-24(4,21)22)14-11-18-20(16(14)10-17)12-5-7-13(23-3)8-6-12/h5-8,11,15,19H,9-10H2,1-4H3/t15-/m1/s1. The van der Waals surface area contributed by atoms with Crippen LogP contribution in [-0.4, -0.2) is 31.6 Å². The molecule has 1 heterocycles. The number of aromatic nitrogens is 2. The van der Waals surface area contributed by atoms with Crippen molar-refractivity contribution in [2.45, 2.75) is 32.7 Å². The van der Waals surface area contributed by atoms with E-state index in [9.17, 15) is 8.42 Å². The summed E-state index contributed by atoms with van der Waals surface area (Å²) < 4.78 is 33.3. The first-order chi connectivity index (χ1) is 11.2. The van der Waals surface area contributed by atoms with E-state index in [-0.39, 0.29) is 11.5 Å². The monoisotopic (exact) mass is 349 g/mol. The number of sulfonamides is 1. The van der Waals surface area contributed by atoms with E-state index in [2.05, 4.69) is 23.7 Å². The number of hydrogen-bond donors (Lipinski definition) is 1. The molecule has 130 valence electrons. The van der Waals surface area contributed by atoms with Crippen LogP contribution in [0.1, 0.15) is 37.6 Å². The molecule has 0 saturated heterocycles. The molecule has 1 aliphatic carbocycles. The van der Waals surface area contributed by atoms with Gasteiger partial charge in [-0.15, -0.1) is 0 Å². The number of nitrogens with zero attached hydrogens (tertiary/aromatic N) is 2. The van der Waals surface area contributed by atoms with Crippen molar-refractivity contribution in [3.05, 3.63) is 41.7 Å². The van der Waals surface area contributed by atoms with Gasteiger partial charge < -0.3 is 4.74 Å². The number of rotatable bonds is 4. The van der Waals surface area contributed by atoms with Gasteiger partial charge >= 0.3 is 0 Å². The van der Waals surface area contributed by atoms with Crippen molar-refractivity contribution < 1.29 is 13.2 Å². The van der Waals surface area contributed by atoms with Gasteiger partial charge in [0.25, 0.3) is 0 Å². The van der Waals surface area contributed by atoms with Crippen LogP contribution in [-0.2, 0) is 16.4 Å². The molecule has 0 saturated carbocycles. The fourth-order valence-electron chi connectivity index (χ4n) is 3.35. The second-order valence-corrected chi connectivity index (χ2v) is 8.92. The van der Waals surface area contributed by atoms with E-state index < -0.39 is 10.0 Å². The summed E-state index contributed by atoms with van der Waals surface area (Å²) >= 11 is 0. The summed E-state index contributed by atoms with van der Waals surface area (Å²) in [6, 6.07) is 7.44. The maximum Gasteiger partial charge on any atom is 0.209 e. The van der Waals surface area contributed by atoms with Gasteiger partial charge in [0.15, 0.2) is 0 Å². The van der Waals surface area contributed by atoms with Crippen LogP contribution in [0.25, 0.3) is 5.69 Å². The molecule has 7 heteroatoms. The van der Waals surface area contributed by atoms with E-state index in [1.54, 1.807) is 13.3 Å². The SMILES string of the molecule is COc1ccc(-n2ncc3c2CC(C)(C)C[C@H]3NS(C)(=O)=O)cc1. The van der Waals surface area contributed by atoms with Crippen LogP contribution in [0, 0.1) is 5.41 Å². The Bertz CT molecular complexity index is 838. The molecule has 1 N–H and O–H groups in total. The van der Waals surface area contributed by atoms with Crippen LogP contribution in [0.15, 0.2) is 30.5 Å². The zero-order valence-electron chi connectivity index (χ0n) is 14.4. The van der Waals surface area contributed by atoms with E-state index in [4.69, 9.17) is 4.74 Å². The summed E-state index contributed by atoms with van der Waals surface area (Å²) in [5, 5.41) is 4.51. The minimum atomic E-state index is -3.28. The molecule has 1 aliphatic rings. The van der Waals surface area contributed by atoms with Gasteiger partial charge in [0.05, 0.1) is 31.3 Å². The van der Waals surface area contributed by atoms with Crippen LogP contribution in [0.2, 0.25) is 0 Å². The number of ether oxygens (including phenoxy) is 1. The number of methoxy groups -OCH3 is 1. The lowest BCUT2D eigenvalue weighted by molar-refractivity contribution is 0.269. The molecular weight excluding hydrogens is 326 g/mol. The highest BCUT2D eigenvalue weighted by Gasteiger charge is 2.36. The maximum atomic E-state index is 11.7. The third-order valence-electron chi connectivity index (χ3n) is 4.35. The summed E-state index contributed by atoms with van der Waals surface area (Å²) in [4.78, 5) is 0. The Morgan fingerprint density at radius 2 is 1.96 bits per heavy atom. The van der Waals surface area contributed by atoms with E-state index in [1.807, 2.05) is 28.9 Å². The smallest absolute Gasteiger partial charge is 0.209 e. The lowest BCUT2D eigenvalue weighted by Crippen LogP contribution is -2.36. The van der Waals surface area contributed by atoms with Crippen molar-refractivity contribution in [3.8, 4) is 11.4 Å². The molecule has 0 bridgehead atoms. The molecule has 0 aliphatic heterocycles. The second kappa shape index (κ2) is 5.89. The average Bonchev–Trinajstić information content (AvgIpc) is 2.88. The van der Waals surface area contributed by atoms with Crippen molar-refractivity contribution in [1.29, 1.82) is 0 Å². The van der Waals surface area contributed by atoms with E-state index >= 15 is 0 Å². The molecule has 3 rings (SSSR count). The van der Waals surface area contributed by atoms with Crippen molar-refractivity contribution in [3.63, 3.8) is 0 Å². The first-order valence-corrected chi connectivity index (χ1v) is 9.76. The van der Waals surface area contributed by atoms with Gasteiger partial charge in [0, 0.05) is 11.3 Å². The Labute approximate surface area is 142 Å². The van der Waals surface area contributed by atoms with Gasteiger partial charge in [-0.25, -0.2) is 17.8 Å². The summed E-state index contributed by atoms with van der Waals surface area (Å²) in [6.07, 6.45) is 4.57. The predicted octanol–water partition coefficient (Wildman–Crippen LogP) is 2.44. The second-order valence-electron chi connectivity index (χ2n) is 7.14. The summed E-state index contributed by atoms with van der Waals surface area (Å²) in [5.41, 5.74) is 2.93. The van der Waals surface area contributed by atoms with E-state index in [1.165, 1.54) is 6.26 Å². The number of nitrogens with one attached hydrogen (secondary N) is 1. The first kappa shape index (κ1) is 17.0. The molecule has 2 aromatic rings. The molecule has 24 heavy (non-hydrogen) atoms. The summed E-state index contributed by atoms with van der Waals surface area (Å²) in [6.45, 7) is 4.30. The number of fused-ring (bicyclic) bond motifs is 1. The largest absolute Gasteiger partial charge is 0.497 e. The van der Waals surface area contributed by atoms with Crippen LogP contribution in [0.4, 0.5) is 0 Å². The molecule has 0 spiro atoms. The molecule has 0 radical (unpaired) electrons. The van der Waals surface area contributed by atoms with E-state index in [0.717, 1.165) is 35.5 Å². The maximum absolute atomic E-state index is 11.7. The average molecular weight is 349 g/mol. The zero-order valence-corrected chi connectivity index (χ0v) is 15.2. The van der Waals surface area contributed by atoms with Gasteiger partial charge in [0.2, 0.25) is 10.0 Å². The Balaban J connectivity index is 2.03. The van der Waals surface area contributed by atoms with E-state index in [0.29, 0.717) is 0 Å². The minimum absolute atomic E-state index is 0.0143. The molecular formula is C17H23N3O3S. The van der Waals surface area contributed by atoms with Crippen LogP contribution in [0.3, 0.4) is 0 Å². The van der Waals surface area contributed by atoms with Gasteiger partial charge in [-0.05, 0) is 42.5 Å². The van der Waals surface area contributed by atoms with Crippen LogP contribution in [0.5, 0.6) is 5.75 Å². The quantitative estimate of drug-likeness (QED) is 0.920. The molecule has 0 unspecified atom stereocenters. The van der Waals surface area contributed by atoms with Crippen LogP contribution >= 0.6 is 0 Å². The first-order valence-electron chi connectivity index (χ1n) is 7.87. The highest BCUT2D eigenvalue weighted by Crippen LogP contribution is 2.41. The van der Waals surface area contributed by atoms with Gasteiger partial charge in [-0.2, -0.15) is 5.10 Å². The third-order valence-corrected chi connectivity index (χ3v) is 5.07. The van der Waals surface area contributed by atoms with Gasteiger partial charge in [0.1, 0.15) is 5.75 Å².